The Morgan fingerprint density at radius 3 is 2.47 bits per heavy atom. The lowest BCUT2D eigenvalue weighted by molar-refractivity contribution is -0.384. The highest BCUT2D eigenvalue weighted by molar-refractivity contribution is 8.00. The lowest BCUT2D eigenvalue weighted by atomic mass is 10.1. The lowest BCUT2D eigenvalue weighted by Gasteiger charge is -2.15. The summed E-state index contributed by atoms with van der Waals surface area (Å²) in [6.07, 6.45) is 1.94. The third kappa shape index (κ3) is 9.33. The van der Waals surface area contributed by atoms with Crippen LogP contribution in [-0.2, 0) is 9.59 Å². The van der Waals surface area contributed by atoms with Crippen LogP contribution in [-0.4, -0.2) is 32.9 Å². The number of anilines is 2. The molecule has 0 saturated carbocycles. The molecule has 1 aromatic heterocycles. The molecular weight excluding hydrogens is 705 g/mol. The molecule has 248 valence electrons. The molecule has 0 aliphatic rings. The summed E-state index contributed by atoms with van der Waals surface area (Å²) in [5.74, 6) is -1.36. The van der Waals surface area contributed by atoms with Crippen molar-refractivity contribution in [3.63, 3.8) is 0 Å². The molecule has 0 bridgehead atoms. The lowest BCUT2D eigenvalue weighted by Crippen LogP contribution is -2.30. The van der Waals surface area contributed by atoms with Crippen LogP contribution >= 0.6 is 46.3 Å². The second-order valence-corrected chi connectivity index (χ2v) is 13.3. The van der Waals surface area contributed by atoms with Crippen molar-refractivity contribution in [1.82, 2.24) is 10.3 Å². The van der Waals surface area contributed by atoms with Crippen molar-refractivity contribution in [3.8, 4) is 11.3 Å². The first-order chi connectivity index (χ1) is 23.6. The summed E-state index contributed by atoms with van der Waals surface area (Å²) in [6.45, 7) is 1.88. The van der Waals surface area contributed by atoms with Crippen LogP contribution in [0.25, 0.3) is 17.3 Å². The number of non-ortho nitro benzene ring substituents is 1. The topological polar surface area (TPSA) is 143 Å². The second kappa shape index (κ2) is 16.4. The highest BCUT2D eigenvalue weighted by Gasteiger charge is 2.21. The molecule has 3 amide bonds. The Hall–Kier alpha value is -5.01. The van der Waals surface area contributed by atoms with Crippen LogP contribution in [0.5, 0.6) is 0 Å². The van der Waals surface area contributed by atoms with Gasteiger partial charge in [0.2, 0.25) is 5.91 Å². The molecule has 0 aliphatic carbocycles. The summed E-state index contributed by atoms with van der Waals surface area (Å²) < 4.78 is 0. The number of thiazole rings is 1. The van der Waals surface area contributed by atoms with Crippen molar-refractivity contribution in [2.45, 2.75) is 23.5 Å². The van der Waals surface area contributed by atoms with Gasteiger partial charge in [0, 0.05) is 39.2 Å². The van der Waals surface area contributed by atoms with E-state index in [1.807, 2.05) is 13.0 Å². The molecule has 0 saturated heterocycles. The minimum atomic E-state index is -0.601. The van der Waals surface area contributed by atoms with Gasteiger partial charge in [0.1, 0.15) is 5.70 Å². The standard InChI is InChI=1S/C35H27Cl2N5O5S2/c1-2-30(34(45)41-35-40-29(20-48-35)22-11-6-14-25(17-22)42(46)47)49-26-15-8-13-24(19-26)38-33(44)28(18-23-12-7-16-27(36)31(23)37)39-32(43)21-9-4-3-5-10-21/h3-20,30H,2H2,1H3,(H,38,44)(H,39,43)(H,40,41,45)/b28-18+. The molecule has 14 heteroatoms. The van der Waals surface area contributed by atoms with Crippen LogP contribution in [0.15, 0.2) is 113 Å². The van der Waals surface area contributed by atoms with Gasteiger partial charge in [-0.2, -0.15) is 0 Å². The van der Waals surface area contributed by atoms with Gasteiger partial charge in [0.05, 0.1) is 25.9 Å². The number of nitro groups is 1. The largest absolute Gasteiger partial charge is 0.321 e. The van der Waals surface area contributed by atoms with Crippen molar-refractivity contribution in [2.75, 3.05) is 10.6 Å². The molecule has 1 unspecified atom stereocenters. The van der Waals surface area contributed by atoms with E-state index in [4.69, 9.17) is 23.2 Å². The fourth-order valence-corrected chi connectivity index (χ4v) is 6.59. The van der Waals surface area contributed by atoms with Crippen molar-refractivity contribution in [1.29, 1.82) is 0 Å². The van der Waals surface area contributed by atoms with Gasteiger partial charge in [-0.3, -0.25) is 24.5 Å². The number of thioether (sulfide) groups is 1. The fraction of sp³-hybridized carbons (Fsp3) is 0.0857. The van der Waals surface area contributed by atoms with Crippen molar-refractivity contribution in [2.24, 2.45) is 0 Å². The average molecular weight is 733 g/mol. The summed E-state index contributed by atoms with van der Waals surface area (Å²) in [5.41, 5.74) is 2.20. The summed E-state index contributed by atoms with van der Waals surface area (Å²) in [5, 5.41) is 21.6. The van der Waals surface area contributed by atoms with E-state index in [2.05, 4.69) is 20.9 Å². The highest BCUT2D eigenvalue weighted by Crippen LogP contribution is 2.32. The van der Waals surface area contributed by atoms with Gasteiger partial charge in [-0.05, 0) is 54.5 Å². The number of nitro benzene ring substituents is 1. The highest BCUT2D eigenvalue weighted by atomic mass is 35.5. The Bertz CT molecular complexity index is 2060. The molecule has 0 radical (unpaired) electrons. The summed E-state index contributed by atoms with van der Waals surface area (Å²) in [6, 6.07) is 26.5. The zero-order valence-corrected chi connectivity index (χ0v) is 28.8. The number of halogens is 2. The van der Waals surface area contributed by atoms with Crippen LogP contribution in [0.4, 0.5) is 16.5 Å². The number of rotatable bonds is 12. The molecule has 0 spiro atoms. The molecule has 5 rings (SSSR count). The summed E-state index contributed by atoms with van der Waals surface area (Å²) in [4.78, 5) is 55.6. The van der Waals surface area contributed by atoms with E-state index >= 15 is 0 Å². The Morgan fingerprint density at radius 1 is 0.959 bits per heavy atom. The number of benzene rings is 4. The van der Waals surface area contributed by atoms with Crippen molar-refractivity contribution < 1.29 is 19.3 Å². The Morgan fingerprint density at radius 2 is 1.71 bits per heavy atom. The van der Waals surface area contributed by atoms with E-state index < -0.39 is 22.0 Å². The normalized spacial score (nSPS) is 11.8. The van der Waals surface area contributed by atoms with E-state index in [1.54, 1.807) is 84.2 Å². The van der Waals surface area contributed by atoms with Gasteiger partial charge in [0.15, 0.2) is 5.13 Å². The third-order valence-electron chi connectivity index (χ3n) is 6.93. The maximum atomic E-state index is 13.6. The molecule has 49 heavy (non-hydrogen) atoms. The molecule has 0 fully saturated rings. The van der Waals surface area contributed by atoms with Gasteiger partial charge in [0.25, 0.3) is 17.5 Å². The summed E-state index contributed by atoms with van der Waals surface area (Å²) >= 11 is 15.1. The van der Waals surface area contributed by atoms with Gasteiger partial charge in [-0.25, -0.2) is 4.98 Å². The van der Waals surface area contributed by atoms with Gasteiger partial charge >= 0.3 is 0 Å². The number of aromatic nitrogens is 1. The van der Waals surface area contributed by atoms with E-state index in [0.29, 0.717) is 49.5 Å². The number of amides is 3. The zero-order chi connectivity index (χ0) is 34.9. The molecule has 10 nitrogen and oxygen atoms in total. The first-order valence-corrected chi connectivity index (χ1v) is 17.2. The smallest absolute Gasteiger partial charge is 0.272 e. The molecule has 1 heterocycles. The van der Waals surface area contributed by atoms with Crippen LogP contribution in [0.1, 0.15) is 29.3 Å². The zero-order valence-electron chi connectivity index (χ0n) is 25.7. The van der Waals surface area contributed by atoms with E-state index in [1.165, 1.54) is 41.3 Å². The monoisotopic (exact) mass is 731 g/mol. The number of hydrogen-bond acceptors (Lipinski definition) is 8. The molecule has 3 N–H and O–H groups in total. The molecule has 5 aromatic rings. The van der Waals surface area contributed by atoms with Crippen LogP contribution in [0, 0.1) is 10.1 Å². The van der Waals surface area contributed by atoms with Crippen LogP contribution in [0.3, 0.4) is 0 Å². The minimum absolute atomic E-state index is 0.0494. The minimum Gasteiger partial charge on any atom is -0.321 e. The summed E-state index contributed by atoms with van der Waals surface area (Å²) in [7, 11) is 0. The van der Waals surface area contributed by atoms with E-state index in [0.717, 1.165) is 0 Å². The van der Waals surface area contributed by atoms with Crippen LogP contribution in [0.2, 0.25) is 10.0 Å². The fourth-order valence-electron chi connectivity index (χ4n) is 4.49. The molecular formula is C35H27Cl2N5O5S2. The Kier molecular flexibility index (Phi) is 11.8. The second-order valence-electron chi connectivity index (χ2n) is 10.4. The van der Waals surface area contributed by atoms with Gasteiger partial charge < -0.3 is 16.0 Å². The third-order valence-corrected chi connectivity index (χ3v) is 9.88. The predicted octanol–water partition coefficient (Wildman–Crippen LogP) is 8.94. The van der Waals surface area contributed by atoms with E-state index in [-0.39, 0.29) is 22.3 Å². The number of hydrogen-bond donors (Lipinski definition) is 3. The number of carbonyl (C=O) groups is 3. The predicted molar refractivity (Wildman–Crippen MR) is 196 cm³/mol. The first-order valence-electron chi connectivity index (χ1n) is 14.7. The van der Waals surface area contributed by atoms with E-state index in [9.17, 15) is 24.5 Å². The van der Waals surface area contributed by atoms with Crippen molar-refractivity contribution >= 4 is 86.6 Å². The average Bonchev–Trinajstić information content (AvgIpc) is 3.57. The Labute approximate surface area is 299 Å². The molecule has 0 aliphatic heterocycles. The maximum absolute atomic E-state index is 13.6. The van der Waals surface area contributed by atoms with Crippen LogP contribution < -0.4 is 16.0 Å². The van der Waals surface area contributed by atoms with Gasteiger partial charge in [-0.1, -0.05) is 78.7 Å². The molecule has 1 atom stereocenters. The van der Waals surface area contributed by atoms with Crippen molar-refractivity contribution in [3.05, 3.63) is 139 Å². The van der Waals surface area contributed by atoms with Gasteiger partial charge in [-0.15, -0.1) is 23.1 Å². The first kappa shape index (κ1) is 35.3. The number of nitrogens with zero attached hydrogens (tertiary/aromatic N) is 2. The Balaban J connectivity index is 1.29. The number of nitrogens with one attached hydrogen (secondary N) is 3. The molecule has 4 aromatic carbocycles. The number of carbonyl (C=O) groups excluding carboxylic acids is 3. The SMILES string of the molecule is CCC(Sc1cccc(NC(=O)/C(=C\c2cccc(Cl)c2Cl)NC(=O)c2ccccc2)c1)C(=O)Nc1nc(-c2cccc([N+](=O)[O-])c2)cs1. The maximum Gasteiger partial charge on any atom is 0.272 e. The quantitative estimate of drug-likeness (QED) is 0.0503.